The number of anilines is 1. The van der Waals surface area contributed by atoms with Crippen molar-refractivity contribution >= 4 is 44.8 Å². The predicted octanol–water partition coefficient (Wildman–Crippen LogP) is 7.48. The quantitative estimate of drug-likeness (QED) is 0.349. The highest BCUT2D eigenvalue weighted by molar-refractivity contribution is 9.10. The number of halogens is 4. The maximum atomic E-state index is 13.9. The Bertz CT molecular complexity index is 1000. The van der Waals surface area contributed by atoms with Gasteiger partial charge in [-0.25, -0.2) is 4.39 Å². The Hall–Kier alpha value is -1.95. The Morgan fingerprint density at radius 2 is 1.83 bits per heavy atom. The maximum absolute atomic E-state index is 13.9. The van der Waals surface area contributed by atoms with Crippen LogP contribution in [0.3, 0.4) is 0 Å². The number of nitrogens with one attached hydrogen (secondary N) is 1. The second kappa shape index (κ2) is 10.2. The fraction of sp³-hybridized carbons (Fsp3) is 0.182. The second-order valence-corrected chi connectivity index (χ2v) is 7.89. The van der Waals surface area contributed by atoms with Gasteiger partial charge in [-0.15, -0.1) is 0 Å². The highest BCUT2D eigenvalue weighted by atomic mass is 79.9. The Balaban J connectivity index is 1.77. The van der Waals surface area contributed by atoms with Crippen molar-refractivity contribution in [1.29, 1.82) is 0 Å². The highest BCUT2D eigenvalue weighted by Crippen LogP contribution is 2.38. The first-order valence-corrected chi connectivity index (χ1v) is 10.5. The van der Waals surface area contributed by atoms with E-state index < -0.39 is 0 Å². The van der Waals surface area contributed by atoms with E-state index in [4.69, 9.17) is 32.7 Å². The van der Waals surface area contributed by atoms with Crippen LogP contribution in [0.1, 0.15) is 18.1 Å². The Labute approximate surface area is 187 Å². The molecule has 0 fully saturated rings. The molecule has 0 spiro atoms. The van der Waals surface area contributed by atoms with E-state index in [0.29, 0.717) is 40.3 Å². The number of rotatable bonds is 8. The zero-order chi connectivity index (χ0) is 20.8. The molecule has 0 aliphatic heterocycles. The zero-order valence-electron chi connectivity index (χ0n) is 15.6. The van der Waals surface area contributed by atoms with Crippen molar-refractivity contribution in [2.24, 2.45) is 0 Å². The summed E-state index contributed by atoms with van der Waals surface area (Å²) in [5, 5.41) is 4.41. The van der Waals surface area contributed by atoms with Crippen LogP contribution < -0.4 is 14.8 Å². The molecule has 0 atom stereocenters. The summed E-state index contributed by atoms with van der Waals surface area (Å²) in [6, 6.07) is 15.6. The summed E-state index contributed by atoms with van der Waals surface area (Å²) in [5.41, 5.74) is 2.22. The summed E-state index contributed by atoms with van der Waals surface area (Å²) in [6.45, 7) is 2.99. The van der Waals surface area contributed by atoms with Crippen molar-refractivity contribution in [3.05, 3.63) is 86.1 Å². The largest absolute Gasteiger partial charge is 0.490 e. The fourth-order valence-electron chi connectivity index (χ4n) is 2.72. The van der Waals surface area contributed by atoms with E-state index >= 15 is 0 Å². The van der Waals surface area contributed by atoms with Gasteiger partial charge in [0, 0.05) is 17.1 Å². The van der Waals surface area contributed by atoms with Crippen molar-refractivity contribution in [3.63, 3.8) is 0 Å². The fourth-order valence-corrected chi connectivity index (χ4v) is 3.80. The third kappa shape index (κ3) is 5.78. The molecule has 3 aromatic rings. The summed E-state index contributed by atoms with van der Waals surface area (Å²) in [4.78, 5) is 0. The van der Waals surface area contributed by atoms with Crippen LogP contribution in [0.4, 0.5) is 10.1 Å². The van der Waals surface area contributed by atoms with Gasteiger partial charge >= 0.3 is 0 Å². The van der Waals surface area contributed by atoms with Gasteiger partial charge in [0.15, 0.2) is 11.5 Å². The molecule has 0 saturated heterocycles. The monoisotopic (exact) mass is 497 g/mol. The standard InChI is InChI=1S/C22H19BrCl2FNO2/c1-2-28-21-10-14(12-27-20-8-7-16(24)11-18(20)25)9-17(23)22(21)29-13-15-5-3-4-6-19(15)26/h3-11,27H,2,12-13H2,1H3. The molecule has 0 bridgehead atoms. The van der Waals surface area contributed by atoms with Gasteiger partial charge in [-0.05, 0) is 64.8 Å². The van der Waals surface area contributed by atoms with Gasteiger partial charge in [-0.1, -0.05) is 41.4 Å². The minimum atomic E-state index is -0.303. The van der Waals surface area contributed by atoms with Gasteiger partial charge in [0.2, 0.25) is 0 Å². The van der Waals surface area contributed by atoms with Gasteiger partial charge in [-0.2, -0.15) is 0 Å². The molecule has 0 aliphatic rings. The van der Waals surface area contributed by atoms with Crippen LogP contribution in [-0.2, 0) is 13.2 Å². The highest BCUT2D eigenvalue weighted by Gasteiger charge is 2.14. The van der Waals surface area contributed by atoms with E-state index in [-0.39, 0.29) is 12.4 Å². The van der Waals surface area contributed by atoms with Gasteiger partial charge < -0.3 is 14.8 Å². The Morgan fingerprint density at radius 3 is 2.55 bits per heavy atom. The molecule has 3 nitrogen and oxygen atoms in total. The predicted molar refractivity (Wildman–Crippen MR) is 120 cm³/mol. The lowest BCUT2D eigenvalue weighted by Crippen LogP contribution is -2.05. The van der Waals surface area contributed by atoms with Crippen molar-refractivity contribution in [2.75, 3.05) is 11.9 Å². The molecular weight excluding hydrogens is 480 g/mol. The molecule has 0 unspecified atom stereocenters. The lowest BCUT2D eigenvalue weighted by Gasteiger charge is -2.16. The summed E-state index contributed by atoms with van der Waals surface area (Å²) < 4.78 is 26.2. The van der Waals surface area contributed by atoms with Crippen LogP contribution in [-0.4, -0.2) is 6.61 Å². The summed E-state index contributed by atoms with van der Waals surface area (Å²) >= 11 is 15.7. The summed E-state index contributed by atoms with van der Waals surface area (Å²) in [7, 11) is 0. The number of ether oxygens (including phenoxy) is 2. The molecule has 1 N–H and O–H groups in total. The Kier molecular flexibility index (Phi) is 7.64. The third-order valence-corrected chi connectivity index (χ3v) is 5.25. The molecule has 0 saturated carbocycles. The normalized spacial score (nSPS) is 10.7. The minimum Gasteiger partial charge on any atom is -0.490 e. The number of benzene rings is 3. The minimum absolute atomic E-state index is 0.101. The first kappa shape index (κ1) is 21.8. The summed E-state index contributed by atoms with van der Waals surface area (Å²) in [6.07, 6.45) is 0. The molecule has 0 radical (unpaired) electrons. The molecule has 0 aliphatic carbocycles. The zero-order valence-corrected chi connectivity index (χ0v) is 18.7. The SMILES string of the molecule is CCOc1cc(CNc2ccc(Cl)cc2Cl)cc(Br)c1OCc1ccccc1F. The van der Waals surface area contributed by atoms with Gasteiger partial charge in [0.05, 0.1) is 21.8 Å². The Morgan fingerprint density at radius 1 is 1.03 bits per heavy atom. The van der Waals surface area contributed by atoms with Crippen LogP contribution in [0.5, 0.6) is 11.5 Å². The summed E-state index contributed by atoms with van der Waals surface area (Å²) in [5.74, 6) is 0.808. The lowest BCUT2D eigenvalue weighted by atomic mass is 10.2. The molecular formula is C22H19BrCl2FNO2. The van der Waals surface area contributed by atoms with E-state index in [1.807, 2.05) is 25.1 Å². The van der Waals surface area contributed by atoms with Crippen LogP contribution in [0.2, 0.25) is 10.0 Å². The maximum Gasteiger partial charge on any atom is 0.175 e. The molecule has 152 valence electrons. The molecule has 0 heterocycles. The van der Waals surface area contributed by atoms with E-state index in [0.717, 1.165) is 15.7 Å². The van der Waals surface area contributed by atoms with E-state index in [1.165, 1.54) is 6.07 Å². The van der Waals surface area contributed by atoms with Crippen LogP contribution in [0.15, 0.2) is 59.1 Å². The molecule has 29 heavy (non-hydrogen) atoms. The smallest absolute Gasteiger partial charge is 0.175 e. The van der Waals surface area contributed by atoms with Gasteiger partial charge in [-0.3, -0.25) is 0 Å². The lowest BCUT2D eigenvalue weighted by molar-refractivity contribution is 0.264. The van der Waals surface area contributed by atoms with E-state index in [2.05, 4.69) is 21.2 Å². The molecule has 7 heteroatoms. The number of hydrogen-bond donors (Lipinski definition) is 1. The van der Waals surface area contributed by atoms with Crippen molar-refractivity contribution < 1.29 is 13.9 Å². The van der Waals surface area contributed by atoms with Crippen LogP contribution in [0.25, 0.3) is 0 Å². The topological polar surface area (TPSA) is 30.5 Å². The molecule has 0 aromatic heterocycles. The van der Waals surface area contributed by atoms with Crippen molar-refractivity contribution in [2.45, 2.75) is 20.1 Å². The third-order valence-electron chi connectivity index (χ3n) is 4.11. The number of hydrogen-bond acceptors (Lipinski definition) is 3. The van der Waals surface area contributed by atoms with Gasteiger partial charge in [0.25, 0.3) is 0 Å². The van der Waals surface area contributed by atoms with Crippen molar-refractivity contribution in [3.8, 4) is 11.5 Å². The molecule has 3 aromatic carbocycles. The second-order valence-electron chi connectivity index (χ2n) is 6.20. The molecule has 3 rings (SSSR count). The molecule has 0 amide bonds. The van der Waals surface area contributed by atoms with Crippen molar-refractivity contribution in [1.82, 2.24) is 0 Å². The average Bonchev–Trinajstić information content (AvgIpc) is 2.68. The van der Waals surface area contributed by atoms with Crippen LogP contribution in [0, 0.1) is 5.82 Å². The van der Waals surface area contributed by atoms with E-state index in [1.54, 1.807) is 30.3 Å². The first-order chi connectivity index (χ1) is 14.0. The van der Waals surface area contributed by atoms with Gasteiger partial charge in [0.1, 0.15) is 12.4 Å². The van der Waals surface area contributed by atoms with E-state index in [9.17, 15) is 4.39 Å². The van der Waals surface area contributed by atoms with Crippen LogP contribution >= 0.6 is 39.1 Å². The average molecular weight is 499 g/mol. The first-order valence-electron chi connectivity index (χ1n) is 8.98.